The fraction of sp³-hybridized carbons (Fsp3) is 0.889. The van der Waals surface area contributed by atoms with Crippen LogP contribution in [-0.2, 0) is 0 Å². The maximum absolute atomic E-state index is 9.18. The summed E-state index contributed by atoms with van der Waals surface area (Å²) in [7, 11) is 0. The molecule has 4 N–H and O–H groups in total. The zero-order chi connectivity index (χ0) is 12.4. The van der Waals surface area contributed by atoms with Gasteiger partial charge in [-0.1, -0.05) is 13.3 Å². The van der Waals surface area contributed by atoms with Gasteiger partial charge < -0.3 is 20.4 Å². The summed E-state index contributed by atoms with van der Waals surface area (Å²) in [6.45, 7) is 6.18. The summed E-state index contributed by atoms with van der Waals surface area (Å²) >= 11 is 0. The van der Waals surface area contributed by atoms with E-state index in [9.17, 15) is 10.2 Å². The maximum atomic E-state index is 9.18. The highest BCUT2D eigenvalue weighted by Gasteiger charge is 2.14. The van der Waals surface area contributed by atoms with Gasteiger partial charge in [0.1, 0.15) is 12.5 Å². The largest absolute Gasteiger partial charge is 0.503 e. The molecule has 0 bridgehead atoms. The van der Waals surface area contributed by atoms with E-state index in [0.717, 1.165) is 19.4 Å². The van der Waals surface area contributed by atoms with Crippen molar-refractivity contribution in [2.24, 2.45) is 0 Å². The van der Waals surface area contributed by atoms with Crippen molar-refractivity contribution >= 4 is 6.16 Å². The van der Waals surface area contributed by atoms with Crippen LogP contribution in [-0.4, -0.2) is 50.5 Å². The van der Waals surface area contributed by atoms with Gasteiger partial charge in [0.25, 0.3) is 0 Å². The molecule has 0 saturated heterocycles. The summed E-state index contributed by atoms with van der Waals surface area (Å²) in [6, 6.07) is 0. The van der Waals surface area contributed by atoms with Crippen molar-refractivity contribution in [1.29, 1.82) is 0 Å². The van der Waals surface area contributed by atoms with Gasteiger partial charge in [-0.3, -0.25) is 4.90 Å². The molecule has 0 aromatic heterocycles. The van der Waals surface area contributed by atoms with Gasteiger partial charge in [-0.25, -0.2) is 4.79 Å². The second-order valence-corrected chi connectivity index (χ2v) is 3.14. The van der Waals surface area contributed by atoms with Crippen LogP contribution < -0.4 is 0 Å². The van der Waals surface area contributed by atoms with Gasteiger partial charge >= 0.3 is 6.16 Å². The molecule has 0 heterocycles. The lowest BCUT2D eigenvalue weighted by Gasteiger charge is -2.27. The highest BCUT2D eigenvalue weighted by Crippen LogP contribution is 2.03. The van der Waals surface area contributed by atoms with Crippen LogP contribution >= 0.6 is 0 Å². The first-order chi connectivity index (χ1) is 6.82. The molecule has 2 atom stereocenters. The molecule has 6 heteroatoms. The zero-order valence-electron chi connectivity index (χ0n) is 9.42. The molecule has 0 aliphatic carbocycles. The summed E-state index contributed by atoms with van der Waals surface area (Å²) in [5.41, 5.74) is 0. The van der Waals surface area contributed by atoms with Gasteiger partial charge in [-0.15, -0.1) is 0 Å². The first-order valence-corrected chi connectivity index (χ1v) is 4.86. The van der Waals surface area contributed by atoms with Crippen molar-refractivity contribution in [2.75, 3.05) is 6.54 Å². The maximum Gasteiger partial charge on any atom is 0.503 e. The minimum Gasteiger partial charge on any atom is -0.450 e. The van der Waals surface area contributed by atoms with E-state index < -0.39 is 18.6 Å². The first-order valence-electron chi connectivity index (χ1n) is 4.86. The van der Waals surface area contributed by atoms with Crippen LogP contribution in [0.2, 0.25) is 0 Å². The van der Waals surface area contributed by atoms with Crippen LogP contribution in [0.3, 0.4) is 0 Å². The lowest BCUT2D eigenvalue weighted by molar-refractivity contribution is -0.0842. The minimum absolute atomic E-state index is 0.554. The number of unbranched alkanes of at least 4 members (excludes halogenated alkanes) is 1. The van der Waals surface area contributed by atoms with Crippen LogP contribution in [0.15, 0.2) is 0 Å². The second kappa shape index (κ2) is 9.70. The van der Waals surface area contributed by atoms with Gasteiger partial charge in [0.05, 0.1) is 0 Å². The number of hydrogen-bond donors (Lipinski definition) is 4. The predicted molar refractivity (Wildman–Crippen MR) is 55.6 cm³/mol. The van der Waals surface area contributed by atoms with E-state index in [0.29, 0.717) is 0 Å². The Kier molecular flexibility index (Phi) is 10.7. The number of aliphatic hydroxyl groups excluding tert-OH is 2. The van der Waals surface area contributed by atoms with Crippen molar-refractivity contribution in [3.8, 4) is 0 Å². The van der Waals surface area contributed by atoms with Crippen molar-refractivity contribution in [3.05, 3.63) is 0 Å². The normalized spacial score (nSPS) is 14.0. The highest BCUT2D eigenvalue weighted by molar-refractivity contribution is 5.53. The van der Waals surface area contributed by atoms with Crippen LogP contribution in [0.4, 0.5) is 4.79 Å². The van der Waals surface area contributed by atoms with Crippen molar-refractivity contribution in [1.82, 2.24) is 4.90 Å². The fourth-order valence-electron chi connectivity index (χ4n) is 1.03. The highest BCUT2D eigenvalue weighted by atomic mass is 16.6. The molecule has 6 nitrogen and oxygen atoms in total. The number of rotatable bonds is 5. The molecule has 0 rings (SSSR count). The lowest BCUT2D eigenvalue weighted by atomic mass is 10.3. The molecule has 15 heavy (non-hydrogen) atoms. The van der Waals surface area contributed by atoms with E-state index in [1.807, 2.05) is 0 Å². The predicted octanol–water partition coefficient (Wildman–Crippen LogP) is 0.988. The Morgan fingerprint density at radius 2 is 1.53 bits per heavy atom. The average Bonchev–Trinajstić information content (AvgIpc) is 2.02. The van der Waals surface area contributed by atoms with Crippen LogP contribution in [0.1, 0.15) is 33.6 Å². The van der Waals surface area contributed by atoms with Crippen molar-refractivity contribution in [3.63, 3.8) is 0 Å². The van der Waals surface area contributed by atoms with E-state index in [2.05, 4.69) is 6.92 Å². The third-order valence-electron chi connectivity index (χ3n) is 1.73. The van der Waals surface area contributed by atoms with E-state index in [1.165, 1.54) is 0 Å². The van der Waals surface area contributed by atoms with Crippen molar-refractivity contribution < 1.29 is 25.2 Å². The van der Waals surface area contributed by atoms with Gasteiger partial charge in [-0.05, 0) is 20.3 Å². The molecule has 0 aromatic rings. The molecular weight excluding hydrogens is 202 g/mol. The molecule has 0 radical (unpaired) electrons. The third kappa shape index (κ3) is 13.2. The standard InChI is InChI=1S/C8H19NO2.CH2O3/c1-4-5-6-9(7(2)10)8(3)11;2-1(3)4/h7-8,10-11H,4-6H2,1-3H3;(H2,2,3,4). The Morgan fingerprint density at radius 1 is 1.20 bits per heavy atom. The molecule has 0 amide bonds. The molecule has 2 unspecified atom stereocenters. The van der Waals surface area contributed by atoms with Gasteiger partial charge in [0.2, 0.25) is 0 Å². The van der Waals surface area contributed by atoms with E-state index in [-0.39, 0.29) is 0 Å². The average molecular weight is 223 g/mol. The van der Waals surface area contributed by atoms with Gasteiger partial charge in [0.15, 0.2) is 0 Å². The van der Waals surface area contributed by atoms with E-state index in [4.69, 9.17) is 15.0 Å². The Bertz CT molecular complexity index is 149. The number of carbonyl (C=O) groups is 1. The van der Waals surface area contributed by atoms with Gasteiger partial charge in [-0.2, -0.15) is 0 Å². The van der Waals surface area contributed by atoms with Gasteiger partial charge in [0, 0.05) is 6.54 Å². The molecule has 0 aromatic carbocycles. The van der Waals surface area contributed by atoms with Crippen molar-refractivity contribution in [2.45, 2.75) is 46.1 Å². The van der Waals surface area contributed by atoms with Crippen LogP contribution in [0, 0.1) is 0 Å². The number of nitrogens with zero attached hydrogens (tertiary/aromatic N) is 1. The summed E-state index contributed by atoms with van der Waals surface area (Å²) in [4.78, 5) is 10.2. The first kappa shape index (κ1) is 16.6. The molecule has 0 aliphatic heterocycles. The molecular formula is C9H21NO5. The number of hydrogen-bond acceptors (Lipinski definition) is 4. The quantitative estimate of drug-likeness (QED) is 0.518. The molecule has 0 aliphatic rings. The topological polar surface area (TPSA) is 101 Å². The SMILES string of the molecule is CCCCN(C(C)O)C(C)O.O=C(O)O. The number of carboxylic acid groups (broad SMARTS) is 2. The molecule has 0 spiro atoms. The molecule has 0 saturated carbocycles. The van der Waals surface area contributed by atoms with Crippen LogP contribution in [0.5, 0.6) is 0 Å². The second-order valence-electron chi connectivity index (χ2n) is 3.14. The molecule has 0 fully saturated rings. The fourth-order valence-corrected chi connectivity index (χ4v) is 1.03. The zero-order valence-corrected chi connectivity index (χ0v) is 9.42. The smallest absolute Gasteiger partial charge is 0.450 e. The Hall–Kier alpha value is -0.850. The van der Waals surface area contributed by atoms with E-state index >= 15 is 0 Å². The summed E-state index contributed by atoms with van der Waals surface area (Å²) in [5.74, 6) is 0. The summed E-state index contributed by atoms with van der Waals surface area (Å²) in [5, 5.41) is 32.3. The summed E-state index contributed by atoms with van der Waals surface area (Å²) < 4.78 is 0. The Balaban J connectivity index is 0. The summed E-state index contributed by atoms with van der Waals surface area (Å²) in [6.07, 6.45) is -0.853. The number of aliphatic hydroxyl groups is 2. The lowest BCUT2D eigenvalue weighted by Crippen LogP contribution is -2.40. The Labute approximate surface area is 89.8 Å². The Morgan fingerprint density at radius 3 is 1.73 bits per heavy atom. The third-order valence-corrected chi connectivity index (χ3v) is 1.73. The minimum atomic E-state index is -1.83. The molecule has 92 valence electrons. The monoisotopic (exact) mass is 223 g/mol. The van der Waals surface area contributed by atoms with Crippen LogP contribution in [0.25, 0.3) is 0 Å². The van der Waals surface area contributed by atoms with E-state index in [1.54, 1.807) is 18.7 Å².